The molecule has 1 N–H and O–H groups in total. The quantitative estimate of drug-likeness (QED) is 0.734. The second-order valence-corrected chi connectivity index (χ2v) is 6.20. The van der Waals surface area contributed by atoms with Gasteiger partial charge in [-0.2, -0.15) is 0 Å². The molecule has 0 saturated carbocycles. The number of rotatable bonds is 3. The van der Waals surface area contributed by atoms with Gasteiger partial charge in [0, 0.05) is 11.8 Å². The van der Waals surface area contributed by atoms with Crippen molar-refractivity contribution in [3.05, 3.63) is 83.6 Å². The third kappa shape index (κ3) is 2.45. The topological polar surface area (TPSA) is 70.5 Å². The summed E-state index contributed by atoms with van der Waals surface area (Å²) < 4.78 is 0. The zero-order valence-corrected chi connectivity index (χ0v) is 14.1. The second-order valence-electron chi connectivity index (χ2n) is 6.20. The maximum atomic E-state index is 12.6. The van der Waals surface area contributed by atoms with Crippen molar-refractivity contribution in [2.45, 2.75) is 13.0 Å². The van der Waals surface area contributed by atoms with Gasteiger partial charge in [0.2, 0.25) is 5.88 Å². The van der Waals surface area contributed by atoms with Crippen molar-refractivity contribution in [3.63, 3.8) is 0 Å². The third-order valence-corrected chi connectivity index (χ3v) is 4.70. The highest BCUT2D eigenvalue weighted by Gasteiger charge is 2.38. The summed E-state index contributed by atoms with van der Waals surface area (Å²) in [5.41, 5.74) is 3.18. The van der Waals surface area contributed by atoms with Crippen LogP contribution >= 0.6 is 0 Å². The Morgan fingerprint density at radius 3 is 2.00 bits per heavy atom. The Kier molecular flexibility index (Phi) is 3.77. The minimum Gasteiger partial charge on any atom is -0.493 e. The van der Waals surface area contributed by atoms with Gasteiger partial charge in [0.15, 0.2) is 0 Å². The lowest BCUT2D eigenvalue weighted by Crippen LogP contribution is -2.32. The molecule has 0 fully saturated rings. The molecule has 2 amide bonds. The molecule has 0 bridgehead atoms. The number of amides is 2. The van der Waals surface area contributed by atoms with Crippen LogP contribution in [0.4, 0.5) is 0 Å². The molecule has 2 aromatic carbocycles. The molecule has 1 atom stereocenters. The Morgan fingerprint density at radius 2 is 1.42 bits per heavy atom. The number of pyridine rings is 1. The smallest absolute Gasteiger partial charge is 0.262 e. The Labute approximate surface area is 150 Å². The van der Waals surface area contributed by atoms with Crippen molar-refractivity contribution < 1.29 is 14.7 Å². The molecular weight excluding hydrogens is 328 g/mol. The van der Waals surface area contributed by atoms with Gasteiger partial charge in [-0.05, 0) is 42.3 Å². The number of carbonyl (C=O) groups excluding carboxylic acids is 2. The Bertz CT molecular complexity index is 977. The average Bonchev–Trinajstić information content (AvgIpc) is 2.93. The number of benzene rings is 2. The van der Waals surface area contributed by atoms with Crippen LogP contribution in [-0.2, 0) is 0 Å². The first kappa shape index (κ1) is 16.0. The van der Waals surface area contributed by atoms with Gasteiger partial charge < -0.3 is 5.11 Å². The molecule has 1 aliphatic heterocycles. The van der Waals surface area contributed by atoms with E-state index in [0.29, 0.717) is 16.7 Å². The van der Waals surface area contributed by atoms with Crippen molar-refractivity contribution >= 4 is 11.8 Å². The van der Waals surface area contributed by atoms with Gasteiger partial charge >= 0.3 is 0 Å². The van der Waals surface area contributed by atoms with Crippen molar-refractivity contribution in [1.29, 1.82) is 0 Å². The van der Waals surface area contributed by atoms with Crippen LogP contribution in [0.15, 0.2) is 66.9 Å². The number of imide groups is 1. The first-order chi connectivity index (χ1) is 12.6. The lowest BCUT2D eigenvalue weighted by molar-refractivity contribution is 0.0595. The van der Waals surface area contributed by atoms with Crippen LogP contribution < -0.4 is 0 Å². The molecule has 0 saturated heterocycles. The highest BCUT2D eigenvalue weighted by molar-refractivity contribution is 6.21. The minimum absolute atomic E-state index is 0.0337. The summed E-state index contributed by atoms with van der Waals surface area (Å²) in [5, 5.41) is 9.88. The van der Waals surface area contributed by atoms with E-state index in [1.54, 1.807) is 36.4 Å². The predicted octanol–water partition coefficient (Wildman–Crippen LogP) is 3.81. The van der Waals surface area contributed by atoms with Crippen molar-refractivity contribution in [2.24, 2.45) is 0 Å². The highest BCUT2D eigenvalue weighted by Crippen LogP contribution is 2.33. The first-order valence-corrected chi connectivity index (χ1v) is 8.29. The van der Waals surface area contributed by atoms with Gasteiger partial charge in [-0.3, -0.25) is 14.5 Å². The lowest BCUT2D eigenvalue weighted by atomic mass is 10.0. The van der Waals surface area contributed by atoms with E-state index in [9.17, 15) is 14.7 Å². The summed E-state index contributed by atoms with van der Waals surface area (Å²) in [6.45, 7) is 1.83. The third-order valence-electron chi connectivity index (χ3n) is 4.70. The van der Waals surface area contributed by atoms with Crippen LogP contribution in [0.1, 0.15) is 39.2 Å². The van der Waals surface area contributed by atoms with E-state index in [2.05, 4.69) is 4.98 Å². The highest BCUT2D eigenvalue weighted by atomic mass is 16.3. The van der Waals surface area contributed by atoms with E-state index in [1.165, 1.54) is 11.1 Å². The molecule has 5 nitrogen and oxygen atoms in total. The number of nitrogens with zero attached hydrogens (tertiary/aromatic N) is 2. The molecule has 1 aliphatic rings. The fourth-order valence-corrected chi connectivity index (χ4v) is 3.27. The Balaban J connectivity index is 1.64. The summed E-state index contributed by atoms with van der Waals surface area (Å²) in [6, 6.07) is 17.4. The summed E-state index contributed by atoms with van der Waals surface area (Å²) in [7, 11) is 0. The van der Waals surface area contributed by atoms with Crippen LogP contribution in [0.25, 0.3) is 11.1 Å². The van der Waals surface area contributed by atoms with E-state index < -0.39 is 0 Å². The Hall–Kier alpha value is -3.47. The van der Waals surface area contributed by atoms with E-state index in [4.69, 9.17) is 0 Å². The van der Waals surface area contributed by atoms with E-state index >= 15 is 0 Å². The lowest BCUT2D eigenvalue weighted by Gasteiger charge is -2.23. The molecule has 0 unspecified atom stereocenters. The van der Waals surface area contributed by atoms with Crippen LogP contribution in [0.3, 0.4) is 0 Å². The number of hydrogen-bond acceptors (Lipinski definition) is 4. The summed E-state index contributed by atoms with van der Waals surface area (Å²) in [5.74, 6) is -0.576. The maximum Gasteiger partial charge on any atom is 0.262 e. The standard InChI is InChI=1S/C21H16N2O3/c1-13(23-20(25)17-5-2-3-6-18(17)21(23)26)14-8-10-15(11-9-14)16-7-4-12-22-19(16)24/h2-13H,1H3,(H,22,24)/t13-/m1/s1. The van der Waals surface area contributed by atoms with Crippen LogP contribution in [0.5, 0.6) is 5.88 Å². The molecule has 4 rings (SSSR count). The molecular formula is C21H16N2O3. The molecule has 5 heteroatoms. The van der Waals surface area contributed by atoms with Gasteiger partial charge in [-0.1, -0.05) is 36.4 Å². The first-order valence-electron chi connectivity index (χ1n) is 8.29. The molecule has 128 valence electrons. The zero-order chi connectivity index (χ0) is 18.3. The average molecular weight is 344 g/mol. The van der Waals surface area contributed by atoms with Gasteiger partial charge in [0.25, 0.3) is 11.8 Å². The van der Waals surface area contributed by atoms with E-state index in [0.717, 1.165) is 11.1 Å². The largest absolute Gasteiger partial charge is 0.493 e. The van der Waals surface area contributed by atoms with Gasteiger partial charge in [-0.25, -0.2) is 4.98 Å². The van der Waals surface area contributed by atoms with E-state index in [-0.39, 0.29) is 23.7 Å². The van der Waals surface area contributed by atoms with Crippen LogP contribution in [-0.4, -0.2) is 26.8 Å². The minimum atomic E-state index is -0.390. The number of aromatic hydroxyl groups is 1. The zero-order valence-electron chi connectivity index (χ0n) is 14.1. The molecule has 26 heavy (non-hydrogen) atoms. The number of fused-ring (bicyclic) bond motifs is 1. The van der Waals surface area contributed by atoms with Crippen molar-refractivity contribution in [3.8, 4) is 17.0 Å². The van der Waals surface area contributed by atoms with E-state index in [1.807, 2.05) is 31.2 Å². The molecule has 2 heterocycles. The normalized spacial score (nSPS) is 14.4. The molecule has 3 aromatic rings. The fourth-order valence-electron chi connectivity index (χ4n) is 3.27. The fraction of sp³-hybridized carbons (Fsp3) is 0.0952. The van der Waals surface area contributed by atoms with Gasteiger partial charge in [0.05, 0.1) is 17.2 Å². The Morgan fingerprint density at radius 1 is 0.846 bits per heavy atom. The number of aromatic nitrogens is 1. The SMILES string of the molecule is C[C@H](c1ccc(-c2cccnc2O)cc1)N1C(=O)c2ccccc2C1=O. The van der Waals surface area contributed by atoms with Crippen LogP contribution in [0, 0.1) is 0 Å². The number of carbonyl (C=O) groups is 2. The van der Waals surface area contributed by atoms with Gasteiger partial charge in [-0.15, -0.1) is 0 Å². The number of hydrogen-bond donors (Lipinski definition) is 1. The van der Waals surface area contributed by atoms with Gasteiger partial charge in [0.1, 0.15) is 0 Å². The van der Waals surface area contributed by atoms with Crippen molar-refractivity contribution in [2.75, 3.05) is 0 Å². The maximum absolute atomic E-state index is 12.6. The molecule has 0 radical (unpaired) electrons. The summed E-state index contributed by atoms with van der Waals surface area (Å²) in [6.07, 6.45) is 1.53. The summed E-state index contributed by atoms with van der Waals surface area (Å²) in [4.78, 5) is 30.4. The molecule has 0 spiro atoms. The molecule has 1 aromatic heterocycles. The summed E-state index contributed by atoms with van der Waals surface area (Å²) >= 11 is 0. The molecule has 0 aliphatic carbocycles. The van der Waals surface area contributed by atoms with Crippen molar-refractivity contribution in [1.82, 2.24) is 9.88 Å². The van der Waals surface area contributed by atoms with Crippen LogP contribution in [0.2, 0.25) is 0 Å². The second kappa shape index (κ2) is 6.11. The predicted molar refractivity (Wildman–Crippen MR) is 96.7 cm³/mol. The monoisotopic (exact) mass is 344 g/mol.